The van der Waals surface area contributed by atoms with Crippen LogP contribution in [-0.4, -0.2) is 42.9 Å². The van der Waals surface area contributed by atoms with Crippen LogP contribution < -0.4 is 10.6 Å². The average molecular weight is 232 g/mol. The van der Waals surface area contributed by atoms with E-state index in [4.69, 9.17) is 9.84 Å². The molecule has 6 nitrogen and oxygen atoms in total. The van der Waals surface area contributed by atoms with Crippen LogP contribution in [-0.2, 0) is 9.53 Å². The zero-order valence-corrected chi connectivity index (χ0v) is 10.0. The normalized spacial score (nSPS) is 10.9. The van der Waals surface area contributed by atoms with Crippen molar-refractivity contribution in [3.05, 3.63) is 0 Å². The molecule has 0 aliphatic carbocycles. The van der Waals surface area contributed by atoms with Gasteiger partial charge in [-0.05, 0) is 26.7 Å². The topological polar surface area (TPSA) is 87.7 Å². The SMILES string of the molecule is COCCCCNC(=O)NC(C)(C)C(=O)O. The summed E-state index contributed by atoms with van der Waals surface area (Å²) in [6.07, 6.45) is 1.66. The highest BCUT2D eigenvalue weighted by Crippen LogP contribution is 2.00. The lowest BCUT2D eigenvalue weighted by Crippen LogP contribution is -2.53. The highest BCUT2D eigenvalue weighted by atomic mass is 16.5. The zero-order valence-electron chi connectivity index (χ0n) is 10.0. The number of carbonyl (C=O) groups excluding carboxylic acids is 1. The predicted molar refractivity (Wildman–Crippen MR) is 59.4 cm³/mol. The molecule has 0 heterocycles. The highest BCUT2D eigenvalue weighted by molar-refractivity contribution is 5.85. The van der Waals surface area contributed by atoms with Crippen molar-refractivity contribution in [2.75, 3.05) is 20.3 Å². The zero-order chi connectivity index (χ0) is 12.6. The summed E-state index contributed by atoms with van der Waals surface area (Å²) in [6, 6.07) is -0.468. The van der Waals surface area contributed by atoms with E-state index in [0.717, 1.165) is 12.8 Å². The van der Waals surface area contributed by atoms with Crippen LogP contribution >= 0.6 is 0 Å². The van der Waals surface area contributed by atoms with Gasteiger partial charge in [-0.2, -0.15) is 0 Å². The number of aliphatic carboxylic acids is 1. The first-order valence-electron chi connectivity index (χ1n) is 5.18. The number of urea groups is 1. The standard InChI is InChI=1S/C10H20N2O4/c1-10(2,8(13)14)12-9(15)11-6-4-5-7-16-3/h4-7H2,1-3H3,(H,13,14)(H2,11,12,15). The molecular formula is C10H20N2O4. The van der Waals surface area contributed by atoms with Crippen LogP contribution in [0.3, 0.4) is 0 Å². The van der Waals surface area contributed by atoms with E-state index < -0.39 is 17.5 Å². The summed E-state index contributed by atoms with van der Waals surface area (Å²) in [5.41, 5.74) is -1.25. The molecule has 16 heavy (non-hydrogen) atoms. The number of carboxylic acid groups (broad SMARTS) is 1. The Balaban J connectivity index is 3.71. The van der Waals surface area contributed by atoms with E-state index in [0.29, 0.717) is 13.2 Å². The minimum atomic E-state index is -1.25. The van der Waals surface area contributed by atoms with E-state index in [9.17, 15) is 9.59 Å². The molecule has 0 rings (SSSR count). The van der Waals surface area contributed by atoms with Gasteiger partial charge >= 0.3 is 12.0 Å². The Bertz CT molecular complexity index is 241. The Kier molecular flexibility index (Phi) is 6.48. The second-order valence-corrected chi connectivity index (χ2v) is 4.01. The average Bonchev–Trinajstić information content (AvgIpc) is 2.16. The molecular weight excluding hydrogens is 212 g/mol. The predicted octanol–water partition coefficient (Wildman–Crippen LogP) is 0.575. The second kappa shape index (κ2) is 7.05. The monoisotopic (exact) mass is 232 g/mol. The molecule has 0 unspecified atom stereocenters. The van der Waals surface area contributed by atoms with Gasteiger partial charge in [0.25, 0.3) is 0 Å². The molecule has 0 atom stereocenters. The number of unbranched alkanes of at least 4 members (excludes halogenated alkanes) is 1. The largest absolute Gasteiger partial charge is 0.480 e. The van der Waals surface area contributed by atoms with Crippen molar-refractivity contribution in [1.82, 2.24) is 10.6 Å². The van der Waals surface area contributed by atoms with Gasteiger partial charge in [0.1, 0.15) is 5.54 Å². The van der Waals surface area contributed by atoms with Gasteiger partial charge in [-0.1, -0.05) is 0 Å². The summed E-state index contributed by atoms with van der Waals surface area (Å²) < 4.78 is 4.85. The molecule has 0 spiro atoms. The maximum Gasteiger partial charge on any atom is 0.328 e. The maximum absolute atomic E-state index is 11.3. The summed E-state index contributed by atoms with van der Waals surface area (Å²) in [4.78, 5) is 22.0. The van der Waals surface area contributed by atoms with Crippen molar-refractivity contribution in [1.29, 1.82) is 0 Å². The molecule has 0 aliphatic rings. The van der Waals surface area contributed by atoms with Crippen molar-refractivity contribution in [2.24, 2.45) is 0 Å². The number of rotatable bonds is 7. The second-order valence-electron chi connectivity index (χ2n) is 4.01. The highest BCUT2D eigenvalue weighted by Gasteiger charge is 2.28. The Morgan fingerprint density at radius 3 is 2.44 bits per heavy atom. The lowest BCUT2D eigenvalue weighted by Gasteiger charge is -2.21. The molecule has 0 aromatic rings. The Labute approximate surface area is 95.4 Å². The summed E-state index contributed by atoms with van der Waals surface area (Å²) in [7, 11) is 1.62. The van der Waals surface area contributed by atoms with Crippen LogP contribution in [0.15, 0.2) is 0 Å². The lowest BCUT2D eigenvalue weighted by molar-refractivity contribution is -0.142. The van der Waals surface area contributed by atoms with Crippen LogP contribution in [0.1, 0.15) is 26.7 Å². The van der Waals surface area contributed by atoms with Crippen LogP contribution in [0.4, 0.5) is 4.79 Å². The molecule has 94 valence electrons. The van der Waals surface area contributed by atoms with Gasteiger partial charge in [0, 0.05) is 20.3 Å². The molecule has 0 bridgehead atoms. The molecule has 0 radical (unpaired) electrons. The molecule has 3 N–H and O–H groups in total. The van der Waals surface area contributed by atoms with Crippen LogP contribution in [0, 0.1) is 0 Å². The van der Waals surface area contributed by atoms with Gasteiger partial charge in [-0.3, -0.25) is 0 Å². The fourth-order valence-electron chi connectivity index (χ4n) is 0.955. The van der Waals surface area contributed by atoms with Crippen LogP contribution in [0.2, 0.25) is 0 Å². The van der Waals surface area contributed by atoms with Crippen molar-refractivity contribution in [3.8, 4) is 0 Å². The number of carboxylic acids is 1. The summed E-state index contributed by atoms with van der Waals surface area (Å²) in [6.45, 7) is 4.02. The quantitative estimate of drug-likeness (QED) is 0.560. The number of nitrogens with one attached hydrogen (secondary N) is 2. The molecule has 0 aliphatic heterocycles. The number of carbonyl (C=O) groups is 2. The van der Waals surface area contributed by atoms with Gasteiger partial charge in [-0.15, -0.1) is 0 Å². The Morgan fingerprint density at radius 1 is 1.31 bits per heavy atom. The van der Waals surface area contributed by atoms with Crippen LogP contribution in [0.5, 0.6) is 0 Å². The number of hydrogen-bond donors (Lipinski definition) is 3. The number of methoxy groups -OCH3 is 1. The molecule has 0 fully saturated rings. The van der Waals surface area contributed by atoms with E-state index in [1.807, 2.05) is 0 Å². The van der Waals surface area contributed by atoms with Crippen molar-refractivity contribution < 1.29 is 19.4 Å². The van der Waals surface area contributed by atoms with Gasteiger partial charge in [-0.25, -0.2) is 9.59 Å². The summed E-state index contributed by atoms with van der Waals surface area (Å²) in [5.74, 6) is -1.07. The lowest BCUT2D eigenvalue weighted by atomic mass is 10.1. The maximum atomic E-state index is 11.3. The summed E-state index contributed by atoms with van der Waals surface area (Å²) in [5, 5.41) is 13.7. The fraction of sp³-hybridized carbons (Fsp3) is 0.800. The van der Waals surface area contributed by atoms with Gasteiger partial charge in [0.2, 0.25) is 0 Å². The first-order valence-corrected chi connectivity index (χ1v) is 5.18. The minimum absolute atomic E-state index is 0.468. The summed E-state index contributed by atoms with van der Waals surface area (Å²) >= 11 is 0. The number of hydrogen-bond acceptors (Lipinski definition) is 3. The third kappa shape index (κ3) is 6.23. The minimum Gasteiger partial charge on any atom is -0.480 e. The van der Waals surface area contributed by atoms with Crippen molar-refractivity contribution >= 4 is 12.0 Å². The smallest absolute Gasteiger partial charge is 0.328 e. The van der Waals surface area contributed by atoms with Gasteiger partial charge in [0.15, 0.2) is 0 Å². The molecule has 0 aromatic heterocycles. The van der Waals surface area contributed by atoms with Crippen molar-refractivity contribution in [2.45, 2.75) is 32.2 Å². The van der Waals surface area contributed by atoms with E-state index in [-0.39, 0.29) is 0 Å². The Morgan fingerprint density at radius 2 is 1.94 bits per heavy atom. The van der Waals surface area contributed by atoms with Crippen molar-refractivity contribution in [3.63, 3.8) is 0 Å². The third-order valence-corrected chi connectivity index (χ3v) is 2.02. The number of amides is 2. The van der Waals surface area contributed by atoms with E-state index in [1.54, 1.807) is 7.11 Å². The van der Waals surface area contributed by atoms with E-state index >= 15 is 0 Å². The fourth-order valence-corrected chi connectivity index (χ4v) is 0.955. The van der Waals surface area contributed by atoms with Crippen LogP contribution in [0.25, 0.3) is 0 Å². The first-order chi connectivity index (χ1) is 7.40. The molecule has 2 amide bonds. The molecule has 0 aromatic carbocycles. The molecule has 0 saturated heterocycles. The molecule has 6 heteroatoms. The molecule has 0 saturated carbocycles. The van der Waals surface area contributed by atoms with Gasteiger partial charge in [0.05, 0.1) is 0 Å². The van der Waals surface area contributed by atoms with Gasteiger partial charge < -0.3 is 20.5 Å². The number of ether oxygens (including phenoxy) is 1. The Hall–Kier alpha value is -1.30. The van der Waals surface area contributed by atoms with E-state index in [1.165, 1.54) is 13.8 Å². The van der Waals surface area contributed by atoms with E-state index in [2.05, 4.69) is 10.6 Å². The first kappa shape index (κ1) is 14.7. The third-order valence-electron chi connectivity index (χ3n) is 2.02.